The highest BCUT2D eigenvalue weighted by molar-refractivity contribution is 5.94. The molecule has 1 atom stereocenters. The van der Waals surface area contributed by atoms with E-state index in [0.29, 0.717) is 11.5 Å². The van der Waals surface area contributed by atoms with Crippen LogP contribution in [0.25, 0.3) is 5.65 Å². The van der Waals surface area contributed by atoms with E-state index in [9.17, 15) is 4.79 Å². The molecule has 1 N–H and O–H groups in total. The second-order valence-corrected chi connectivity index (χ2v) is 6.58. The van der Waals surface area contributed by atoms with Crippen molar-refractivity contribution in [3.63, 3.8) is 0 Å². The number of imidazole rings is 2. The van der Waals surface area contributed by atoms with Crippen molar-refractivity contribution in [1.29, 1.82) is 0 Å². The van der Waals surface area contributed by atoms with Crippen molar-refractivity contribution in [2.45, 2.75) is 32.4 Å². The average Bonchev–Trinajstić information content (AvgIpc) is 3.34. The first kappa shape index (κ1) is 16.8. The molecule has 0 radical (unpaired) electrons. The second-order valence-electron chi connectivity index (χ2n) is 6.58. The number of aryl methyl sites for hydroxylation is 1. The lowest BCUT2D eigenvalue weighted by Gasteiger charge is -2.31. The summed E-state index contributed by atoms with van der Waals surface area (Å²) in [5.41, 5.74) is 1.44. The third kappa shape index (κ3) is 3.22. The van der Waals surface area contributed by atoms with E-state index in [1.807, 2.05) is 35.1 Å². The Morgan fingerprint density at radius 1 is 1.27 bits per heavy atom. The molecule has 136 valence electrons. The van der Waals surface area contributed by atoms with Gasteiger partial charge in [0.05, 0.1) is 11.6 Å². The average molecular weight is 353 g/mol. The van der Waals surface area contributed by atoms with Crippen LogP contribution in [-0.4, -0.2) is 38.1 Å². The summed E-state index contributed by atoms with van der Waals surface area (Å²) in [7, 11) is 0. The zero-order chi connectivity index (χ0) is 17.9. The molecule has 1 saturated heterocycles. The summed E-state index contributed by atoms with van der Waals surface area (Å²) in [4.78, 5) is 21.7. The number of carbonyl (C=O) groups excluding carboxylic acids is 1. The Morgan fingerprint density at radius 2 is 2.08 bits per heavy atom. The largest absolute Gasteiger partial charge is 0.381 e. The van der Waals surface area contributed by atoms with Crippen molar-refractivity contribution in [1.82, 2.24) is 24.3 Å². The Balaban J connectivity index is 1.61. The van der Waals surface area contributed by atoms with Gasteiger partial charge in [-0.05, 0) is 37.8 Å². The summed E-state index contributed by atoms with van der Waals surface area (Å²) in [6.45, 7) is 4.36. The highest BCUT2D eigenvalue weighted by Gasteiger charge is 2.30. The highest BCUT2D eigenvalue weighted by atomic mass is 16.5. The minimum absolute atomic E-state index is 0.0947. The first-order valence-electron chi connectivity index (χ1n) is 9.08. The van der Waals surface area contributed by atoms with Gasteiger partial charge in [0.1, 0.15) is 11.5 Å². The van der Waals surface area contributed by atoms with Crippen LogP contribution in [0.1, 0.15) is 42.0 Å². The van der Waals surface area contributed by atoms with Gasteiger partial charge in [0, 0.05) is 50.7 Å². The maximum atomic E-state index is 12.9. The Hall–Kier alpha value is -2.67. The van der Waals surface area contributed by atoms with Crippen molar-refractivity contribution in [3.05, 3.63) is 54.5 Å². The number of ether oxygens (including phenoxy) is 1. The molecule has 4 rings (SSSR count). The molecule has 1 fully saturated rings. The molecule has 7 heteroatoms. The Kier molecular flexibility index (Phi) is 4.71. The maximum Gasteiger partial charge on any atom is 0.253 e. The summed E-state index contributed by atoms with van der Waals surface area (Å²) < 4.78 is 9.45. The van der Waals surface area contributed by atoms with Gasteiger partial charge in [0.25, 0.3) is 5.91 Å². The number of nitrogens with one attached hydrogen (secondary N) is 1. The van der Waals surface area contributed by atoms with Crippen LogP contribution in [0.3, 0.4) is 0 Å². The summed E-state index contributed by atoms with van der Waals surface area (Å²) >= 11 is 0. The van der Waals surface area contributed by atoms with Crippen LogP contribution in [0.4, 0.5) is 0 Å². The third-order valence-corrected chi connectivity index (χ3v) is 5.04. The van der Waals surface area contributed by atoms with Crippen molar-refractivity contribution < 1.29 is 9.53 Å². The lowest BCUT2D eigenvalue weighted by molar-refractivity contribution is 0.0498. The molecule has 3 aromatic rings. The van der Waals surface area contributed by atoms with E-state index >= 15 is 0 Å². The Bertz CT molecular complexity index is 894. The Labute approximate surface area is 152 Å². The van der Waals surface area contributed by atoms with Gasteiger partial charge >= 0.3 is 0 Å². The quantitative estimate of drug-likeness (QED) is 0.765. The number of amides is 1. The molecule has 26 heavy (non-hydrogen) atoms. The fraction of sp³-hybridized carbons (Fsp3) is 0.421. The summed E-state index contributed by atoms with van der Waals surface area (Å²) in [6.07, 6.45) is 11.0. The number of hydrogen-bond donors (Lipinski definition) is 1. The predicted molar refractivity (Wildman–Crippen MR) is 96.8 cm³/mol. The van der Waals surface area contributed by atoms with E-state index in [1.54, 1.807) is 12.4 Å². The molecule has 0 bridgehead atoms. The van der Waals surface area contributed by atoms with Crippen LogP contribution in [0, 0.1) is 5.92 Å². The SMILES string of the molecule is CCn1ccnc1[C@H](NC(=O)c1ccc2nccn2c1)C1CCOCC1. The molecular weight excluding hydrogens is 330 g/mol. The predicted octanol–water partition coefficient (Wildman–Crippen LogP) is 2.45. The number of rotatable bonds is 5. The first-order chi connectivity index (χ1) is 12.8. The van der Waals surface area contributed by atoms with E-state index < -0.39 is 0 Å². The van der Waals surface area contributed by atoms with Gasteiger partial charge in [-0.1, -0.05) is 0 Å². The molecule has 7 nitrogen and oxygen atoms in total. The second kappa shape index (κ2) is 7.29. The molecule has 1 aliphatic rings. The van der Waals surface area contributed by atoms with Gasteiger partial charge in [-0.3, -0.25) is 4.79 Å². The Morgan fingerprint density at radius 3 is 2.88 bits per heavy atom. The molecule has 0 unspecified atom stereocenters. The van der Waals surface area contributed by atoms with Crippen LogP contribution in [0.2, 0.25) is 0 Å². The third-order valence-electron chi connectivity index (χ3n) is 5.04. The zero-order valence-electron chi connectivity index (χ0n) is 14.8. The molecule has 0 aromatic carbocycles. The van der Waals surface area contributed by atoms with E-state index in [1.165, 1.54) is 0 Å². The normalized spacial score (nSPS) is 16.7. The van der Waals surface area contributed by atoms with Crippen molar-refractivity contribution in [2.75, 3.05) is 13.2 Å². The van der Waals surface area contributed by atoms with Gasteiger partial charge in [0.2, 0.25) is 0 Å². The standard InChI is InChI=1S/C19H23N5O2/c1-2-23-9-8-21-18(23)17(14-5-11-26-12-6-14)22-19(25)15-3-4-16-20-7-10-24(16)13-15/h3-4,7-10,13-14,17H,2,5-6,11-12H2,1H3,(H,22,25)/t17-/m1/s1. The number of nitrogens with zero attached hydrogens (tertiary/aromatic N) is 4. The molecule has 1 aliphatic heterocycles. The van der Waals surface area contributed by atoms with Gasteiger partial charge in [-0.15, -0.1) is 0 Å². The van der Waals surface area contributed by atoms with Crippen molar-refractivity contribution in [2.24, 2.45) is 5.92 Å². The monoisotopic (exact) mass is 353 g/mol. The number of hydrogen-bond acceptors (Lipinski definition) is 4. The lowest BCUT2D eigenvalue weighted by Crippen LogP contribution is -2.37. The lowest BCUT2D eigenvalue weighted by atomic mass is 9.90. The maximum absolute atomic E-state index is 12.9. The van der Waals surface area contributed by atoms with Gasteiger partial charge in [-0.2, -0.15) is 0 Å². The molecule has 4 heterocycles. The fourth-order valence-corrected chi connectivity index (χ4v) is 3.59. The van der Waals surface area contributed by atoms with Crippen molar-refractivity contribution >= 4 is 11.6 Å². The molecule has 3 aromatic heterocycles. The minimum Gasteiger partial charge on any atom is -0.381 e. The summed E-state index contributed by atoms with van der Waals surface area (Å²) in [6, 6.07) is 3.54. The van der Waals surface area contributed by atoms with E-state index in [0.717, 1.165) is 44.1 Å². The van der Waals surface area contributed by atoms with Crippen LogP contribution in [0.15, 0.2) is 43.1 Å². The van der Waals surface area contributed by atoms with Crippen LogP contribution in [0.5, 0.6) is 0 Å². The smallest absolute Gasteiger partial charge is 0.253 e. The molecule has 0 aliphatic carbocycles. The molecule has 0 spiro atoms. The number of aromatic nitrogens is 4. The topological polar surface area (TPSA) is 73.5 Å². The molecule has 1 amide bonds. The summed E-state index contributed by atoms with van der Waals surface area (Å²) in [5.74, 6) is 1.14. The number of fused-ring (bicyclic) bond motifs is 1. The molecule has 0 saturated carbocycles. The van der Waals surface area contributed by atoms with Crippen LogP contribution >= 0.6 is 0 Å². The number of carbonyl (C=O) groups is 1. The van der Waals surface area contributed by atoms with E-state index in [-0.39, 0.29) is 11.9 Å². The number of pyridine rings is 1. The zero-order valence-corrected chi connectivity index (χ0v) is 14.8. The fourth-order valence-electron chi connectivity index (χ4n) is 3.59. The highest BCUT2D eigenvalue weighted by Crippen LogP contribution is 2.29. The van der Waals surface area contributed by atoms with Crippen LogP contribution in [-0.2, 0) is 11.3 Å². The van der Waals surface area contributed by atoms with Gasteiger partial charge in [-0.25, -0.2) is 9.97 Å². The minimum atomic E-state index is -0.125. The van der Waals surface area contributed by atoms with Crippen LogP contribution < -0.4 is 5.32 Å². The van der Waals surface area contributed by atoms with Crippen molar-refractivity contribution in [3.8, 4) is 0 Å². The van der Waals surface area contributed by atoms with E-state index in [4.69, 9.17) is 4.74 Å². The summed E-state index contributed by atoms with van der Waals surface area (Å²) in [5, 5.41) is 3.23. The first-order valence-corrected chi connectivity index (χ1v) is 9.08. The van der Waals surface area contributed by atoms with Gasteiger partial charge < -0.3 is 19.0 Å². The molecular formula is C19H23N5O2. The van der Waals surface area contributed by atoms with Gasteiger partial charge in [0.15, 0.2) is 0 Å². The van der Waals surface area contributed by atoms with E-state index in [2.05, 4.69) is 26.8 Å².